The lowest BCUT2D eigenvalue weighted by atomic mass is 10.00. The van der Waals surface area contributed by atoms with Crippen LogP contribution in [-0.2, 0) is 4.74 Å². The fraction of sp³-hybridized carbons (Fsp3) is 0.0952. The van der Waals surface area contributed by atoms with Crippen molar-refractivity contribution < 1.29 is 18.7 Å². The number of nitrogens with zero attached hydrogens (tertiary/aromatic N) is 1. The lowest BCUT2D eigenvalue weighted by Gasteiger charge is -2.09. The number of benzene rings is 2. The Morgan fingerprint density at radius 3 is 2.63 bits per heavy atom. The van der Waals surface area contributed by atoms with Gasteiger partial charge in [-0.1, -0.05) is 6.07 Å². The monoisotopic (exact) mass is 360 g/mol. The number of pyridine rings is 1. The maximum absolute atomic E-state index is 12.9. The van der Waals surface area contributed by atoms with Crippen molar-refractivity contribution in [2.24, 2.45) is 0 Å². The first-order chi connectivity index (χ1) is 13.2. The van der Waals surface area contributed by atoms with Crippen molar-refractivity contribution in [1.29, 1.82) is 0 Å². The van der Waals surface area contributed by atoms with E-state index >= 15 is 0 Å². The predicted molar refractivity (Wildman–Crippen MR) is 101 cm³/mol. The van der Waals surface area contributed by atoms with Crippen LogP contribution in [0.2, 0.25) is 0 Å². The van der Waals surface area contributed by atoms with Gasteiger partial charge in [-0.25, -0.2) is 4.79 Å². The van der Waals surface area contributed by atoms with Gasteiger partial charge in [-0.2, -0.15) is 0 Å². The molecular weight excluding hydrogens is 344 g/mol. The molecule has 0 fully saturated rings. The fourth-order valence-corrected chi connectivity index (χ4v) is 3.02. The van der Waals surface area contributed by atoms with E-state index in [-0.39, 0.29) is 12.5 Å². The largest absolute Gasteiger partial charge is 0.462 e. The van der Waals surface area contributed by atoms with Crippen LogP contribution in [0.25, 0.3) is 22.3 Å². The number of rotatable bonds is 5. The third-order valence-electron chi connectivity index (χ3n) is 4.18. The van der Waals surface area contributed by atoms with Gasteiger partial charge in [-0.05, 0) is 55.0 Å². The van der Waals surface area contributed by atoms with Crippen molar-refractivity contribution >= 4 is 28.7 Å². The molecule has 3 heterocycles. The van der Waals surface area contributed by atoms with Crippen LogP contribution in [0, 0.1) is 0 Å². The molecule has 134 valence electrons. The average molecular weight is 360 g/mol. The summed E-state index contributed by atoms with van der Waals surface area (Å²) in [6, 6.07) is 13.9. The summed E-state index contributed by atoms with van der Waals surface area (Å²) in [6.07, 6.45) is 3.34. The molecular formula is C21H16N2O4. The molecule has 0 saturated heterocycles. The molecule has 1 aromatic carbocycles. The Morgan fingerprint density at radius 2 is 1.85 bits per heavy atom. The van der Waals surface area contributed by atoms with Crippen molar-refractivity contribution in [3.63, 3.8) is 0 Å². The molecule has 6 nitrogen and oxygen atoms in total. The van der Waals surface area contributed by atoms with E-state index in [4.69, 9.17) is 9.15 Å². The molecule has 0 unspecified atom stereocenters. The second kappa shape index (κ2) is 6.92. The van der Waals surface area contributed by atoms with Gasteiger partial charge in [0.05, 0.1) is 17.7 Å². The van der Waals surface area contributed by atoms with Gasteiger partial charge in [0.15, 0.2) is 0 Å². The van der Waals surface area contributed by atoms with E-state index in [1.807, 2.05) is 18.2 Å². The molecule has 0 atom stereocenters. The smallest absolute Gasteiger partial charge is 0.338 e. The molecule has 3 aromatic heterocycles. The molecule has 0 radical (unpaired) electrons. The second-order valence-corrected chi connectivity index (χ2v) is 5.91. The van der Waals surface area contributed by atoms with Gasteiger partial charge in [-0.3, -0.25) is 9.78 Å². The summed E-state index contributed by atoms with van der Waals surface area (Å²) in [5.41, 5.74) is 4.07. The maximum atomic E-state index is 12.9. The third kappa shape index (κ3) is 3.13. The molecule has 1 amide bonds. The van der Waals surface area contributed by atoms with Crippen molar-refractivity contribution in [2.75, 3.05) is 11.9 Å². The number of esters is 1. The predicted octanol–water partition coefficient (Wildman–Crippen LogP) is 4.36. The van der Waals surface area contributed by atoms with Gasteiger partial charge in [0.25, 0.3) is 5.91 Å². The molecule has 0 spiro atoms. The van der Waals surface area contributed by atoms with Crippen LogP contribution in [0.1, 0.15) is 27.6 Å². The minimum Gasteiger partial charge on any atom is -0.462 e. The van der Waals surface area contributed by atoms with Crippen LogP contribution in [0.4, 0.5) is 5.69 Å². The summed E-state index contributed by atoms with van der Waals surface area (Å²) >= 11 is 0. The highest BCUT2D eigenvalue weighted by atomic mass is 16.5. The molecule has 4 rings (SSSR count). The Bertz CT molecular complexity index is 1100. The molecule has 6 heteroatoms. The highest BCUT2D eigenvalue weighted by Crippen LogP contribution is 2.37. The van der Waals surface area contributed by atoms with Crippen LogP contribution < -0.4 is 5.32 Å². The van der Waals surface area contributed by atoms with E-state index in [1.165, 1.54) is 0 Å². The lowest BCUT2D eigenvalue weighted by Crippen LogP contribution is -2.13. The van der Waals surface area contributed by atoms with Gasteiger partial charge in [0.2, 0.25) is 0 Å². The summed E-state index contributed by atoms with van der Waals surface area (Å²) in [5, 5.41) is 2.84. The topological polar surface area (TPSA) is 81.4 Å². The van der Waals surface area contributed by atoms with E-state index in [0.717, 1.165) is 11.1 Å². The van der Waals surface area contributed by atoms with Crippen LogP contribution in [0.3, 0.4) is 0 Å². The minimum atomic E-state index is -0.429. The van der Waals surface area contributed by atoms with Crippen molar-refractivity contribution in [1.82, 2.24) is 4.98 Å². The Labute approximate surface area is 155 Å². The zero-order valence-corrected chi connectivity index (χ0v) is 14.6. The number of fused-ring (bicyclic) bond motifs is 2. The van der Waals surface area contributed by atoms with Crippen LogP contribution in [0.15, 0.2) is 65.3 Å². The Balaban J connectivity index is 1.66. The van der Waals surface area contributed by atoms with Crippen LogP contribution >= 0.6 is 0 Å². The van der Waals surface area contributed by atoms with Crippen LogP contribution in [-0.4, -0.2) is 23.5 Å². The summed E-state index contributed by atoms with van der Waals surface area (Å²) in [4.78, 5) is 28.9. The quantitative estimate of drug-likeness (QED) is 0.535. The van der Waals surface area contributed by atoms with Crippen LogP contribution in [0.5, 0.6) is 0 Å². The summed E-state index contributed by atoms with van der Waals surface area (Å²) in [5.74, 6) is -0.737. The first-order valence-electron chi connectivity index (χ1n) is 8.51. The molecule has 1 N–H and O–H groups in total. The highest BCUT2D eigenvalue weighted by Gasteiger charge is 2.24. The number of hydrogen-bond donors (Lipinski definition) is 1. The first kappa shape index (κ1) is 16.8. The molecule has 0 saturated carbocycles. The molecule has 27 heavy (non-hydrogen) atoms. The van der Waals surface area contributed by atoms with Gasteiger partial charge in [-0.15, -0.1) is 0 Å². The summed E-state index contributed by atoms with van der Waals surface area (Å²) < 4.78 is 10.7. The van der Waals surface area contributed by atoms with E-state index in [9.17, 15) is 9.59 Å². The van der Waals surface area contributed by atoms with E-state index in [2.05, 4.69) is 10.3 Å². The number of anilines is 1. The SMILES string of the molecule is CCOC(=O)c1cccc(NC(=O)c2c(-c3ccncc3)c3ccc2o3)c1. The Morgan fingerprint density at radius 1 is 1.07 bits per heavy atom. The highest BCUT2D eigenvalue weighted by molar-refractivity contribution is 6.16. The van der Waals surface area contributed by atoms with Gasteiger partial charge < -0.3 is 14.5 Å². The maximum Gasteiger partial charge on any atom is 0.338 e. The molecule has 2 bridgehead atoms. The van der Waals surface area contributed by atoms with Crippen molar-refractivity contribution in [3.05, 3.63) is 72.1 Å². The zero-order chi connectivity index (χ0) is 18.8. The Kier molecular flexibility index (Phi) is 4.30. The van der Waals surface area contributed by atoms with Crippen molar-refractivity contribution in [2.45, 2.75) is 6.92 Å². The molecule has 4 aromatic rings. The Hall–Kier alpha value is -3.67. The number of carbonyl (C=O) groups excluding carboxylic acids is 2. The van der Waals surface area contributed by atoms with E-state index < -0.39 is 5.97 Å². The first-order valence-corrected chi connectivity index (χ1v) is 8.51. The number of furan rings is 2. The zero-order valence-electron chi connectivity index (χ0n) is 14.6. The van der Waals surface area contributed by atoms with Gasteiger partial charge in [0.1, 0.15) is 11.2 Å². The summed E-state index contributed by atoms with van der Waals surface area (Å²) in [7, 11) is 0. The summed E-state index contributed by atoms with van der Waals surface area (Å²) in [6.45, 7) is 2.03. The lowest BCUT2D eigenvalue weighted by molar-refractivity contribution is 0.0526. The molecule has 0 aliphatic rings. The van der Waals surface area contributed by atoms with Crippen molar-refractivity contribution in [3.8, 4) is 11.1 Å². The standard InChI is InChI=1S/C21H16N2O4/c1-2-26-21(25)14-4-3-5-15(12-14)23-20(24)19-17-7-6-16(27-17)18(19)13-8-10-22-11-9-13/h3-12H,2H2,1H3,(H,23,24). The second-order valence-electron chi connectivity index (χ2n) is 5.91. The number of amides is 1. The van der Waals surface area contributed by atoms with E-state index in [0.29, 0.717) is 28.0 Å². The molecule has 0 aliphatic carbocycles. The van der Waals surface area contributed by atoms with Gasteiger partial charge >= 0.3 is 5.97 Å². The molecule has 0 aliphatic heterocycles. The average Bonchev–Trinajstić information content (AvgIpc) is 3.30. The fourth-order valence-electron chi connectivity index (χ4n) is 3.02. The number of hydrogen-bond acceptors (Lipinski definition) is 5. The number of nitrogens with one attached hydrogen (secondary N) is 1. The minimum absolute atomic E-state index is 0.290. The number of carbonyl (C=O) groups is 2. The van der Waals surface area contributed by atoms with Gasteiger partial charge in [0, 0.05) is 23.6 Å². The third-order valence-corrected chi connectivity index (χ3v) is 4.18. The number of aromatic nitrogens is 1. The van der Waals surface area contributed by atoms with E-state index in [1.54, 1.807) is 49.6 Å². The number of ether oxygens (including phenoxy) is 1. The normalized spacial score (nSPS) is 10.9.